The van der Waals surface area contributed by atoms with Crippen LogP contribution in [-0.4, -0.2) is 29.9 Å². The Hall–Kier alpha value is -3.88. The first-order chi connectivity index (χ1) is 21.0. The average molecular weight is 651 g/mol. The normalized spacial score (nSPS) is 13.3. The molecular weight excluding hydrogens is 627 g/mol. The summed E-state index contributed by atoms with van der Waals surface area (Å²) >= 11 is -0.355. The van der Waals surface area contributed by atoms with Gasteiger partial charge in [0.15, 0.2) is 16.4 Å². The molecule has 0 N–H and O–H groups in total. The number of fused-ring (bicyclic) bond motifs is 2. The number of carbonyl (C=O) groups excluding carboxylic acids is 1. The lowest BCUT2D eigenvalue weighted by Crippen LogP contribution is -2.49. The van der Waals surface area contributed by atoms with Gasteiger partial charge in [-0.05, 0) is 54.1 Å². The Morgan fingerprint density at radius 2 is 1.41 bits per heavy atom. The second-order valence-electron chi connectivity index (χ2n) is 8.93. The van der Waals surface area contributed by atoms with Crippen LogP contribution in [0.25, 0.3) is 6.08 Å². The minimum atomic E-state index is -5.54. The average Bonchev–Trinajstić information content (AvgIpc) is 3.02. The van der Waals surface area contributed by atoms with E-state index in [0.29, 0.717) is 5.56 Å². The molecule has 0 bridgehead atoms. The highest BCUT2D eigenvalue weighted by atomic mass is 32.2. The number of para-hydroxylation sites is 2. The Bertz CT molecular complexity index is 1510. The van der Waals surface area contributed by atoms with E-state index in [1.807, 2.05) is 24.3 Å². The highest BCUT2D eigenvalue weighted by Crippen LogP contribution is 2.46. The van der Waals surface area contributed by atoms with E-state index < -0.39 is 29.9 Å². The van der Waals surface area contributed by atoms with Crippen LogP contribution in [-0.2, 0) is 25.0 Å². The van der Waals surface area contributed by atoms with Gasteiger partial charge in [0.2, 0.25) is 9.79 Å². The van der Waals surface area contributed by atoms with E-state index >= 15 is 0 Å². The van der Waals surface area contributed by atoms with Gasteiger partial charge in [-0.2, -0.15) is 17.5 Å². The lowest BCUT2D eigenvalue weighted by molar-refractivity contribution is -0.777. The first-order valence-electron chi connectivity index (χ1n) is 12.7. The molecule has 1 atom stereocenters. The lowest BCUT2D eigenvalue weighted by atomic mass is 10.1. The molecule has 1 unspecified atom stereocenters. The third-order valence-electron chi connectivity index (χ3n) is 5.95. The van der Waals surface area contributed by atoms with E-state index in [1.54, 1.807) is 0 Å². The van der Waals surface area contributed by atoms with E-state index in [2.05, 4.69) is 75.3 Å². The second-order valence-corrected chi connectivity index (χ2v) is 11.6. The van der Waals surface area contributed by atoms with Crippen molar-refractivity contribution in [2.75, 3.05) is 5.75 Å². The minimum Gasteiger partial charge on any atom is -0.691 e. The molecule has 230 valence electrons. The summed E-state index contributed by atoms with van der Waals surface area (Å²) < 4.78 is 79.2. The molecule has 0 amide bonds. The predicted octanol–water partition coefficient (Wildman–Crippen LogP) is 7.81. The number of hydrogen-bond donors (Lipinski definition) is 0. The highest BCUT2D eigenvalue weighted by molar-refractivity contribution is 7.97. The summed E-state index contributed by atoms with van der Waals surface area (Å²) in [5.74, 6) is -5.82. The van der Waals surface area contributed by atoms with Gasteiger partial charge in [-0.15, -0.1) is 0 Å². The quantitative estimate of drug-likeness (QED) is 0.0306. The van der Waals surface area contributed by atoms with Gasteiger partial charge in [0.1, 0.15) is 10.9 Å². The molecule has 4 aromatic carbocycles. The Kier molecular flexibility index (Phi) is 11.1. The van der Waals surface area contributed by atoms with Crippen molar-refractivity contribution < 1.29 is 50.8 Å². The van der Waals surface area contributed by atoms with Gasteiger partial charge in [0.25, 0.3) is 6.10 Å². The number of alkyl halides is 5. The third-order valence-corrected chi connectivity index (χ3v) is 8.90. The molecular formula is C31H23F5O6S2. The largest absolute Gasteiger partial charge is 0.691 e. The molecule has 5 rings (SSSR count). The Morgan fingerprint density at radius 3 is 1.93 bits per heavy atom. The molecule has 0 saturated carbocycles. The van der Waals surface area contributed by atoms with Gasteiger partial charge >= 0.3 is 18.1 Å². The smallest absolute Gasteiger partial charge is 0.431 e. The van der Waals surface area contributed by atoms with Crippen LogP contribution in [0.3, 0.4) is 0 Å². The zero-order valence-electron chi connectivity index (χ0n) is 22.5. The number of carbonyl (C=O) groups is 1. The monoisotopic (exact) mass is 650 g/mol. The van der Waals surface area contributed by atoms with Gasteiger partial charge in [-0.25, -0.2) is 13.6 Å². The SMILES string of the molecule is C=Cc1ccc(C(=O)OC(C(F)(F)F)C(F)(F)CSOO[O-])cc1.c1ccc([S+]2c3ccccc3Oc3ccccc32)cc1. The van der Waals surface area contributed by atoms with Gasteiger partial charge in [-0.3, -0.25) is 5.04 Å². The van der Waals surface area contributed by atoms with Crippen molar-refractivity contribution in [3.63, 3.8) is 0 Å². The summed E-state index contributed by atoms with van der Waals surface area (Å²) in [4.78, 5) is 15.5. The summed E-state index contributed by atoms with van der Waals surface area (Å²) in [5.41, 5.74) is 0.216. The van der Waals surface area contributed by atoms with Crippen molar-refractivity contribution in [1.82, 2.24) is 0 Å². The molecule has 0 saturated heterocycles. The van der Waals surface area contributed by atoms with E-state index in [1.165, 1.54) is 32.9 Å². The number of hydrogen-bond acceptors (Lipinski definition) is 7. The summed E-state index contributed by atoms with van der Waals surface area (Å²) in [6.45, 7) is 3.44. The standard InChI is InChI=1S/C18H13OS.C13H11F5O5S/c1-2-8-14(9-3-1)20-17-12-6-4-10-15(17)19-16-11-5-7-13-18(16)20;1-2-8-3-5-9(6-4-8)10(19)21-11(13(16,17)18)12(14,15)7-24-23-22-20/h1-13H;2-6,11,20H,1,7H2/q+1;/p-1. The van der Waals surface area contributed by atoms with E-state index in [0.717, 1.165) is 23.6 Å². The fraction of sp³-hybridized carbons (Fsp3) is 0.129. The molecule has 13 heteroatoms. The van der Waals surface area contributed by atoms with E-state index in [9.17, 15) is 32.0 Å². The number of benzene rings is 4. The number of ether oxygens (including phenoxy) is 2. The summed E-state index contributed by atoms with van der Waals surface area (Å²) in [6.07, 6.45) is -7.85. The van der Waals surface area contributed by atoms with Crippen LogP contribution in [0.15, 0.2) is 124 Å². The summed E-state index contributed by atoms with van der Waals surface area (Å²) in [7, 11) is -0.0829. The molecule has 0 aromatic heterocycles. The first kappa shape index (κ1) is 33.0. The number of rotatable bonds is 9. The van der Waals surface area contributed by atoms with Crippen molar-refractivity contribution >= 4 is 35.0 Å². The Morgan fingerprint density at radius 1 is 0.864 bits per heavy atom. The molecule has 0 fully saturated rings. The molecule has 0 spiro atoms. The van der Waals surface area contributed by atoms with Gasteiger partial charge in [0, 0.05) is 12.0 Å². The van der Waals surface area contributed by atoms with Gasteiger partial charge in [-0.1, -0.05) is 67.3 Å². The van der Waals surface area contributed by atoms with Crippen LogP contribution in [0.2, 0.25) is 0 Å². The minimum absolute atomic E-state index is 0.0829. The van der Waals surface area contributed by atoms with Crippen molar-refractivity contribution in [1.29, 1.82) is 0 Å². The first-order valence-corrected chi connectivity index (χ1v) is 14.8. The predicted molar refractivity (Wildman–Crippen MR) is 153 cm³/mol. The highest BCUT2D eigenvalue weighted by Gasteiger charge is 2.59. The Labute approximate surface area is 256 Å². The van der Waals surface area contributed by atoms with Crippen molar-refractivity contribution in [2.24, 2.45) is 0 Å². The second kappa shape index (κ2) is 14.7. The molecule has 1 aliphatic rings. The van der Waals surface area contributed by atoms with Crippen LogP contribution in [0, 0.1) is 0 Å². The maximum absolute atomic E-state index is 13.6. The number of halogens is 5. The zero-order valence-corrected chi connectivity index (χ0v) is 24.2. The lowest BCUT2D eigenvalue weighted by Gasteiger charge is -2.27. The molecule has 6 nitrogen and oxygen atoms in total. The summed E-state index contributed by atoms with van der Waals surface area (Å²) in [5, 5.41) is 12.3. The molecule has 1 heterocycles. The molecule has 0 radical (unpaired) electrons. The zero-order chi connectivity index (χ0) is 31.7. The maximum atomic E-state index is 13.6. The Balaban J connectivity index is 0.000000203. The van der Waals surface area contributed by atoms with Crippen LogP contribution in [0.1, 0.15) is 15.9 Å². The number of esters is 1. The van der Waals surface area contributed by atoms with Gasteiger partial charge in [0.05, 0.1) is 11.3 Å². The van der Waals surface area contributed by atoms with Crippen LogP contribution in [0.5, 0.6) is 11.5 Å². The van der Waals surface area contributed by atoms with Crippen molar-refractivity contribution in [3.8, 4) is 11.5 Å². The van der Waals surface area contributed by atoms with Gasteiger partial charge < -0.3 is 14.7 Å². The van der Waals surface area contributed by atoms with Crippen LogP contribution >= 0.6 is 12.0 Å². The van der Waals surface area contributed by atoms with E-state index in [4.69, 9.17) is 4.74 Å². The topological polar surface area (TPSA) is 77.1 Å². The molecule has 44 heavy (non-hydrogen) atoms. The van der Waals surface area contributed by atoms with Crippen LogP contribution in [0.4, 0.5) is 22.0 Å². The fourth-order valence-electron chi connectivity index (χ4n) is 3.97. The maximum Gasteiger partial charge on any atom is 0.431 e. The summed E-state index contributed by atoms with van der Waals surface area (Å²) in [6, 6.07) is 32.2. The van der Waals surface area contributed by atoms with Crippen LogP contribution < -0.4 is 9.99 Å². The van der Waals surface area contributed by atoms with E-state index in [-0.39, 0.29) is 28.5 Å². The molecule has 1 aliphatic heterocycles. The fourth-order valence-corrected chi connectivity index (χ4v) is 6.60. The van der Waals surface area contributed by atoms with Crippen molar-refractivity contribution in [2.45, 2.75) is 32.9 Å². The molecule has 4 aromatic rings. The third kappa shape index (κ3) is 8.18. The molecule has 0 aliphatic carbocycles. The van der Waals surface area contributed by atoms with Crippen molar-refractivity contribution in [3.05, 3.63) is 121 Å².